The van der Waals surface area contributed by atoms with Crippen molar-refractivity contribution in [3.8, 4) is 0 Å². The fraction of sp³-hybridized carbons (Fsp3) is 0.909. The third-order valence-electron chi connectivity index (χ3n) is 4.22. The van der Waals surface area contributed by atoms with Crippen molar-refractivity contribution in [2.75, 3.05) is 20.8 Å². The van der Waals surface area contributed by atoms with Crippen LogP contribution in [-0.2, 0) is 14.3 Å². The summed E-state index contributed by atoms with van der Waals surface area (Å²) < 4.78 is 10.8. The fourth-order valence-electron chi connectivity index (χ4n) is 3.10. The van der Waals surface area contributed by atoms with E-state index in [4.69, 9.17) is 9.47 Å². The van der Waals surface area contributed by atoms with Gasteiger partial charge in [-0.3, -0.25) is 4.79 Å². The van der Waals surface area contributed by atoms with Gasteiger partial charge < -0.3 is 14.6 Å². The Balaban J connectivity index is 2.29. The zero-order chi connectivity index (χ0) is 11.1. The Kier molecular flexibility index (Phi) is 2.61. The summed E-state index contributed by atoms with van der Waals surface area (Å²) in [7, 11) is 3.17. The molecule has 15 heavy (non-hydrogen) atoms. The van der Waals surface area contributed by atoms with Crippen molar-refractivity contribution in [3.05, 3.63) is 0 Å². The van der Waals surface area contributed by atoms with Gasteiger partial charge in [0.1, 0.15) is 5.78 Å². The predicted molar refractivity (Wildman–Crippen MR) is 53.2 cm³/mol. The molecular weight excluding hydrogens is 196 g/mol. The van der Waals surface area contributed by atoms with E-state index in [-0.39, 0.29) is 24.7 Å². The number of hydrogen-bond donors (Lipinski definition) is 1. The zero-order valence-corrected chi connectivity index (χ0v) is 9.28. The van der Waals surface area contributed by atoms with Gasteiger partial charge in [-0.1, -0.05) is 0 Å². The van der Waals surface area contributed by atoms with Crippen LogP contribution in [0.25, 0.3) is 0 Å². The lowest BCUT2D eigenvalue weighted by Crippen LogP contribution is -2.50. The van der Waals surface area contributed by atoms with Gasteiger partial charge in [-0.05, 0) is 19.3 Å². The molecule has 2 aliphatic carbocycles. The molecule has 0 aromatic carbocycles. The molecule has 2 aliphatic rings. The minimum atomic E-state index is -0.744. The van der Waals surface area contributed by atoms with Crippen LogP contribution in [-0.4, -0.2) is 37.5 Å². The van der Waals surface area contributed by atoms with E-state index in [1.807, 2.05) is 0 Å². The van der Waals surface area contributed by atoms with Crippen molar-refractivity contribution in [1.82, 2.24) is 0 Å². The quantitative estimate of drug-likeness (QED) is 0.704. The summed E-state index contributed by atoms with van der Waals surface area (Å²) in [6.45, 7) is -0.0359. The first-order chi connectivity index (χ1) is 7.12. The highest BCUT2D eigenvalue weighted by Gasteiger charge is 2.58. The Bertz CT molecular complexity index is 272. The van der Waals surface area contributed by atoms with Gasteiger partial charge in [-0.25, -0.2) is 0 Å². The lowest BCUT2D eigenvalue weighted by Gasteiger charge is -2.42. The summed E-state index contributed by atoms with van der Waals surface area (Å²) in [4.78, 5) is 12.0. The van der Waals surface area contributed by atoms with E-state index < -0.39 is 11.2 Å². The van der Waals surface area contributed by atoms with Gasteiger partial charge in [-0.15, -0.1) is 0 Å². The van der Waals surface area contributed by atoms with Gasteiger partial charge in [0.25, 0.3) is 0 Å². The van der Waals surface area contributed by atoms with Crippen molar-refractivity contribution < 1.29 is 19.4 Å². The molecule has 4 nitrogen and oxygen atoms in total. The van der Waals surface area contributed by atoms with Gasteiger partial charge >= 0.3 is 0 Å². The Morgan fingerprint density at radius 2 is 2.13 bits per heavy atom. The Morgan fingerprint density at radius 3 is 2.67 bits per heavy atom. The summed E-state index contributed by atoms with van der Waals surface area (Å²) in [5.41, 5.74) is -0.495. The summed E-state index contributed by atoms with van der Waals surface area (Å²) in [6, 6.07) is 0. The van der Waals surface area contributed by atoms with E-state index in [2.05, 4.69) is 0 Å². The highest BCUT2D eigenvalue weighted by Crippen LogP contribution is 2.54. The number of ether oxygens (including phenoxy) is 2. The lowest BCUT2D eigenvalue weighted by atomic mass is 9.72. The molecule has 0 amide bonds. The number of carbonyl (C=O) groups excluding carboxylic acids is 1. The molecule has 2 bridgehead atoms. The monoisotopic (exact) mass is 214 g/mol. The highest BCUT2D eigenvalue weighted by atomic mass is 16.7. The molecule has 0 heterocycles. The Morgan fingerprint density at radius 1 is 1.47 bits per heavy atom. The van der Waals surface area contributed by atoms with Crippen molar-refractivity contribution in [2.24, 2.45) is 11.3 Å². The van der Waals surface area contributed by atoms with Gasteiger partial charge in [0, 0.05) is 20.1 Å². The van der Waals surface area contributed by atoms with Crippen molar-refractivity contribution in [3.63, 3.8) is 0 Å². The highest BCUT2D eigenvalue weighted by molar-refractivity contribution is 5.87. The van der Waals surface area contributed by atoms with E-state index in [1.165, 1.54) is 0 Å². The van der Waals surface area contributed by atoms with Crippen LogP contribution in [0.1, 0.15) is 25.7 Å². The molecule has 0 saturated heterocycles. The second-order valence-corrected chi connectivity index (χ2v) is 4.70. The molecule has 0 unspecified atom stereocenters. The average molecular weight is 214 g/mol. The van der Waals surface area contributed by atoms with Crippen LogP contribution in [0.3, 0.4) is 0 Å². The summed E-state index contributed by atoms with van der Waals surface area (Å²) >= 11 is 0. The maximum absolute atomic E-state index is 12.0. The van der Waals surface area contributed by atoms with Crippen LogP contribution in [0.15, 0.2) is 0 Å². The van der Waals surface area contributed by atoms with Crippen LogP contribution in [0, 0.1) is 11.3 Å². The SMILES string of the molecule is COC1(OC)CC(=O)[C@@]2(CO)CC[C@@H]1C2. The third-order valence-corrected chi connectivity index (χ3v) is 4.22. The third kappa shape index (κ3) is 1.35. The van der Waals surface area contributed by atoms with Crippen molar-refractivity contribution in [1.29, 1.82) is 0 Å². The van der Waals surface area contributed by atoms with Gasteiger partial charge in [0.05, 0.1) is 18.4 Å². The van der Waals surface area contributed by atoms with Crippen LogP contribution in [0.2, 0.25) is 0 Å². The summed E-state index contributed by atoms with van der Waals surface area (Å²) in [5.74, 6) is -0.425. The normalized spacial score (nSPS) is 38.3. The summed E-state index contributed by atoms with van der Waals surface area (Å²) in [6.07, 6.45) is 2.63. The number of carbonyl (C=O) groups is 1. The molecule has 2 fully saturated rings. The van der Waals surface area contributed by atoms with Crippen LogP contribution in [0.4, 0.5) is 0 Å². The standard InChI is InChI=1S/C11H18O4/c1-14-11(15-2)6-9(13)10(7-12)4-3-8(11)5-10/h8,12H,3-7H2,1-2H3/t8-,10+/m1/s1. The predicted octanol–water partition coefficient (Wildman–Crippen LogP) is 0.727. The Hall–Kier alpha value is -0.450. The van der Waals surface area contributed by atoms with Gasteiger partial charge in [0.2, 0.25) is 0 Å². The molecule has 0 aromatic heterocycles. The molecule has 0 spiro atoms. The molecule has 0 aliphatic heterocycles. The van der Waals surface area contributed by atoms with E-state index in [1.54, 1.807) is 14.2 Å². The molecule has 2 atom stereocenters. The van der Waals surface area contributed by atoms with Crippen molar-refractivity contribution >= 4 is 5.78 Å². The Labute approximate surface area is 89.6 Å². The lowest BCUT2D eigenvalue weighted by molar-refractivity contribution is -0.249. The molecule has 4 heteroatoms. The number of ketones is 1. The number of Topliss-reactive ketones (excluding diaryl/α,β-unsaturated/α-hetero) is 1. The zero-order valence-electron chi connectivity index (χ0n) is 9.28. The maximum Gasteiger partial charge on any atom is 0.177 e. The first kappa shape index (κ1) is 11.0. The van der Waals surface area contributed by atoms with Crippen LogP contribution >= 0.6 is 0 Å². The number of methoxy groups -OCH3 is 2. The van der Waals surface area contributed by atoms with Gasteiger partial charge in [-0.2, -0.15) is 0 Å². The van der Waals surface area contributed by atoms with E-state index in [0.29, 0.717) is 6.42 Å². The number of aliphatic hydroxyl groups excluding tert-OH is 1. The second-order valence-electron chi connectivity index (χ2n) is 4.70. The molecule has 1 N–H and O–H groups in total. The molecule has 2 saturated carbocycles. The summed E-state index contributed by atoms with van der Waals surface area (Å²) in [5, 5.41) is 9.35. The first-order valence-electron chi connectivity index (χ1n) is 5.37. The second kappa shape index (κ2) is 3.54. The molecule has 86 valence electrons. The molecule has 0 radical (unpaired) electrons. The first-order valence-corrected chi connectivity index (χ1v) is 5.37. The fourth-order valence-corrected chi connectivity index (χ4v) is 3.10. The smallest absolute Gasteiger partial charge is 0.177 e. The molecule has 2 rings (SSSR count). The van der Waals surface area contributed by atoms with Crippen LogP contribution in [0.5, 0.6) is 0 Å². The number of fused-ring (bicyclic) bond motifs is 2. The topological polar surface area (TPSA) is 55.8 Å². The molecular formula is C11H18O4. The number of hydrogen-bond acceptors (Lipinski definition) is 4. The largest absolute Gasteiger partial charge is 0.395 e. The number of rotatable bonds is 3. The van der Waals surface area contributed by atoms with Crippen molar-refractivity contribution in [2.45, 2.75) is 31.5 Å². The average Bonchev–Trinajstić information content (AvgIpc) is 2.67. The van der Waals surface area contributed by atoms with E-state index in [9.17, 15) is 9.90 Å². The maximum atomic E-state index is 12.0. The minimum Gasteiger partial charge on any atom is -0.395 e. The van der Waals surface area contributed by atoms with E-state index >= 15 is 0 Å². The van der Waals surface area contributed by atoms with Crippen LogP contribution < -0.4 is 0 Å². The molecule has 0 aromatic rings. The van der Waals surface area contributed by atoms with Gasteiger partial charge in [0.15, 0.2) is 5.79 Å². The number of aliphatic hydroxyl groups is 1. The van der Waals surface area contributed by atoms with E-state index in [0.717, 1.165) is 12.8 Å². The minimum absolute atomic E-state index is 0.0359.